The van der Waals surface area contributed by atoms with Crippen LogP contribution in [0.1, 0.15) is 11.5 Å². The van der Waals surface area contributed by atoms with E-state index in [1.54, 1.807) is 24.4 Å². The molecule has 2 atom stereocenters. The van der Waals surface area contributed by atoms with Crippen LogP contribution < -0.4 is 5.32 Å². The van der Waals surface area contributed by atoms with Crippen molar-refractivity contribution in [3.05, 3.63) is 60.3 Å². The molecule has 3 nitrogen and oxygen atoms in total. The first-order valence-electron chi connectivity index (χ1n) is 6.25. The van der Waals surface area contributed by atoms with Crippen molar-refractivity contribution in [2.75, 3.05) is 5.32 Å². The predicted octanol–water partition coefficient (Wildman–Crippen LogP) is 3.61. The van der Waals surface area contributed by atoms with E-state index in [2.05, 4.69) is 10.3 Å². The van der Waals surface area contributed by atoms with Gasteiger partial charge >= 0.3 is 0 Å². The predicted molar refractivity (Wildman–Crippen MR) is 80.0 cm³/mol. The van der Waals surface area contributed by atoms with Gasteiger partial charge in [-0.2, -0.15) is 0 Å². The van der Waals surface area contributed by atoms with Crippen molar-refractivity contribution in [1.29, 1.82) is 0 Å². The fraction of sp³-hybridized carbons (Fsp3) is 0.200. The molecule has 1 aliphatic carbocycles. The number of pyridine rings is 1. The number of halogens is 2. The van der Waals surface area contributed by atoms with Gasteiger partial charge in [0.05, 0.1) is 5.92 Å². The number of carbonyl (C=O) groups is 1. The molecule has 2 aromatic rings. The van der Waals surface area contributed by atoms with Crippen molar-refractivity contribution in [1.82, 2.24) is 4.98 Å². The largest absolute Gasteiger partial charge is 0.310 e. The lowest BCUT2D eigenvalue weighted by Crippen LogP contribution is -2.17. The molecule has 5 heteroatoms. The molecule has 1 amide bonds. The molecule has 1 saturated carbocycles. The number of alkyl halides is 2. The Labute approximate surface area is 126 Å². The van der Waals surface area contributed by atoms with E-state index in [0.717, 1.165) is 5.56 Å². The number of carbonyl (C=O) groups excluding carboxylic acids is 1. The summed E-state index contributed by atoms with van der Waals surface area (Å²) in [7, 11) is 0. The summed E-state index contributed by atoms with van der Waals surface area (Å²) < 4.78 is -1.06. The zero-order valence-corrected chi connectivity index (χ0v) is 12.0. The second-order valence-corrected chi connectivity index (χ2v) is 6.19. The van der Waals surface area contributed by atoms with Crippen molar-refractivity contribution in [3.8, 4) is 0 Å². The maximum atomic E-state index is 12.3. The van der Waals surface area contributed by atoms with Crippen molar-refractivity contribution >= 4 is 34.9 Å². The number of hydrogen-bond donors (Lipinski definition) is 1. The molecule has 3 rings (SSSR count). The van der Waals surface area contributed by atoms with Crippen LogP contribution in [-0.2, 0) is 4.79 Å². The summed E-state index contributed by atoms with van der Waals surface area (Å²) in [5.74, 6) is -0.353. The fourth-order valence-electron chi connectivity index (χ4n) is 2.37. The van der Waals surface area contributed by atoms with Gasteiger partial charge in [-0.1, -0.05) is 36.4 Å². The Kier molecular flexibility index (Phi) is 3.40. The molecule has 1 aliphatic rings. The van der Waals surface area contributed by atoms with Crippen LogP contribution in [0.3, 0.4) is 0 Å². The summed E-state index contributed by atoms with van der Waals surface area (Å²) in [6.45, 7) is 0. The summed E-state index contributed by atoms with van der Waals surface area (Å²) in [6.07, 6.45) is 1.62. The van der Waals surface area contributed by atoms with Crippen LogP contribution in [0.4, 0.5) is 5.82 Å². The van der Waals surface area contributed by atoms with Crippen LogP contribution in [0.25, 0.3) is 0 Å². The van der Waals surface area contributed by atoms with Gasteiger partial charge in [-0.25, -0.2) is 4.98 Å². The van der Waals surface area contributed by atoms with Gasteiger partial charge in [-0.3, -0.25) is 4.79 Å². The van der Waals surface area contributed by atoms with Crippen LogP contribution in [0.15, 0.2) is 54.7 Å². The molecular formula is C15H12Cl2N2O. The van der Waals surface area contributed by atoms with E-state index in [4.69, 9.17) is 23.2 Å². The van der Waals surface area contributed by atoms with Gasteiger partial charge in [0.15, 0.2) is 0 Å². The Morgan fingerprint density at radius 3 is 2.45 bits per heavy atom. The molecule has 0 aliphatic heterocycles. The number of amides is 1. The Bertz CT molecular complexity index is 616. The number of rotatable bonds is 3. The topological polar surface area (TPSA) is 42.0 Å². The quantitative estimate of drug-likeness (QED) is 0.880. The fourth-order valence-corrected chi connectivity index (χ4v) is 3.20. The van der Waals surface area contributed by atoms with Crippen molar-refractivity contribution in [3.63, 3.8) is 0 Å². The van der Waals surface area contributed by atoms with E-state index in [-0.39, 0.29) is 11.8 Å². The Morgan fingerprint density at radius 1 is 1.10 bits per heavy atom. The van der Waals surface area contributed by atoms with Gasteiger partial charge in [0.2, 0.25) is 5.91 Å². The summed E-state index contributed by atoms with van der Waals surface area (Å²) in [6, 6.07) is 14.9. The highest BCUT2D eigenvalue weighted by Gasteiger charge is 2.67. The number of nitrogens with zero attached hydrogens (tertiary/aromatic N) is 1. The van der Waals surface area contributed by atoms with Crippen molar-refractivity contribution in [2.24, 2.45) is 5.92 Å². The Morgan fingerprint density at radius 2 is 1.80 bits per heavy atom. The minimum Gasteiger partial charge on any atom is -0.310 e. The van der Waals surface area contributed by atoms with Gasteiger partial charge in [-0.15, -0.1) is 23.2 Å². The smallest absolute Gasteiger partial charge is 0.232 e. The molecule has 1 N–H and O–H groups in total. The minimum absolute atomic E-state index is 0.184. The van der Waals surface area contributed by atoms with Gasteiger partial charge in [0.25, 0.3) is 0 Å². The minimum atomic E-state index is -1.06. The molecule has 0 radical (unpaired) electrons. The van der Waals surface area contributed by atoms with Crippen LogP contribution in [0, 0.1) is 5.92 Å². The van der Waals surface area contributed by atoms with E-state index in [1.165, 1.54) is 0 Å². The van der Waals surface area contributed by atoms with Gasteiger partial charge in [0.1, 0.15) is 10.2 Å². The third-order valence-electron chi connectivity index (χ3n) is 3.41. The first-order chi connectivity index (χ1) is 9.60. The maximum Gasteiger partial charge on any atom is 0.232 e. The van der Waals surface area contributed by atoms with E-state index >= 15 is 0 Å². The highest BCUT2D eigenvalue weighted by atomic mass is 35.5. The lowest BCUT2D eigenvalue weighted by Gasteiger charge is -2.03. The van der Waals surface area contributed by atoms with Crippen LogP contribution in [0.5, 0.6) is 0 Å². The highest BCUT2D eigenvalue weighted by molar-refractivity contribution is 6.53. The molecule has 1 aromatic carbocycles. The highest BCUT2D eigenvalue weighted by Crippen LogP contribution is 2.65. The van der Waals surface area contributed by atoms with Crippen LogP contribution in [-0.4, -0.2) is 15.2 Å². The summed E-state index contributed by atoms with van der Waals surface area (Å²) >= 11 is 12.5. The molecular weight excluding hydrogens is 295 g/mol. The molecule has 1 aromatic heterocycles. The Balaban J connectivity index is 1.76. The molecule has 0 spiro atoms. The molecule has 0 unspecified atom stereocenters. The van der Waals surface area contributed by atoms with Crippen LogP contribution in [0.2, 0.25) is 0 Å². The number of anilines is 1. The normalized spacial score (nSPS) is 23.1. The van der Waals surface area contributed by atoms with Crippen LogP contribution >= 0.6 is 23.2 Å². The third-order valence-corrected chi connectivity index (χ3v) is 4.35. The molecule has 1 fully saturated rings. The maximum absolute atomic E-state index is 12.3. The number of hydrogen-bond acceptors (Lipinski definition) is 2. The van der Waals surface area contributed by atoms with E-state index in [1.807, 2.05) is 30.3 Å². The van der Waals surface area contributed by atoms with E-state index in [0.29, 0.717) is 5.82 Å². The molecule has 0 saturated heterocycles. The zero-order valence-electron chi connectivity index (χ0n) is 10.5. The lowest BCUT2D eigenvalue weighted by atomic mass is 10.1. The zero-order chi connectivity index (χ0) is 14.2. The molecule has 102 valence electrons. The van der Waals surface area contributed by atoms with E-state index in [9.17, 15) is 4.79 Å². The van der Waals surface area contributed by atoms with Gasteiger partial charge in [0, 0.05) is 12.1 Å². The van der Waals surface area contributed by atoms with E-state index < -0.39 is 10.3 Å². The number of aromatic nitrogens is 1. The SMILES string of the molecule is O=C(Nc1ccccn1)[C@H]1[C@@H](c2ccccc2)C1(Cl)Cl. The second kappa shape index (κ2) is 5.08. The first-order valence-corrected chi connectivity index (χ1v) is 7.01. The van der Waals surface area contributed by atoms with Gasteiger partial charge in [-0.05, 0) is 17.7 Å². The first kappa shape index (κ1) is 13.4. The van der Waals surface area contributed by atoms with Crippen molar-refractivity contribution in [2.45, 2.75) is 10.3 Å². The summed E-state index contributed by atoms with van der Waals surface area (Å²) in [5.41, 5.74) is 0.971. The average Bonchev–Trinajstić information content (AvgIpc) is 3.04. The molecule has 20 heavy (non-hydrogen) atoms. The standard InChI is InChI=1S/C15H12Cl2N2O/c16-15(17)12(10-6-2-1-3-7-10)13(15)14(20)19-11-8-4-5-9-18-11/h1-9,12-13H,(H,18,19,20)/t12-,13-/m1/s1. The molecule has 0 bridgehead atoms. The average molecular weight is 307 g/mol. The van der Waals surface area contributed by atoms with Gasteiger partial charge < -0.3 is 5.32 Å². The lowest BCUT2D eigenvalue weighted by molar-refractivity contribution is -0.117. The Hall–Kier alpha value is -1.58. The third kappa shape index (κ3) is 2.39. The monoisotopic (exact) mass is 306 g/mol. The number of benzene rings is 1. The number of nitrogens with one attached hydrogen (secondary N) is 1. The second-order valence-electron chi connectivity index (χ2n) is 4.74. The molecule has 1 heterocycles. The van der Waals surface area contributed by atoms with Crippen molar-refractivity contribution < 1.29 is 4.79 Å². The summed E-state index contributed by atoms with van der Waals surface area (Å²) in [4.78, 5) is 16.3. The summed E-state index contributed by atoms with van der Waals surface area (Å²) in [5, 5.41) is 2.74.